The van der Waals surface area contributed by atoms with Crippen LogP contribution in [0.3, 0.4) is 0 Å². The van der Waals surface area contributed by atoms with Gasteiger partial charge >= 0.3 is 0 Å². The maximum Gasteiger partial charge on any atom is 0.254 e. The number of nitrogens with zero attached hydrogens (tertiary/aromatic N) is 3. The highest BCUT2D eigenvalue weighted by Crippen LogP contribution is 2.26. The van der Waals surface area contributed by atoms with E-state index in [4.69, 9.17) is 4.74 Å². The van der Waals surface area contributed by atoms with Gasteiger partial charge in [0.1, 0.15) is 0 Å². The smallest absolute Gasteiger partial charge is 0.254 e. The van der Waals surface area contributed by atoms with E-state index in [2.05, 4.69) is 9.97 Å². The van der Waals surface area contributed by atoms with Crippen LogP contribution < -0.4 is 0 Å². The molecule has 1 fully saturated rings. The molecule has 0 radical (unpaired) electrons. The Morgan fingerprint density at radius 2 is 1.77 bits per heavy atom. The van der Waals surface area contributed by atoms with Gasteiger partial charge in [-0.25, -0.2) is 9.97 Å². The molecule has 0 N–H and O–H groups in total. The van der Waals surface area contributed by atoms with E-state index in [0.29, 0.717) is 25.3 Å². The third-order valence-corrected chi connectivity index (χ3v) is 4.90. The Morgan fingerprint density at radius 1 is 1.04 bits per heavy atom. The maximum atomic E-state index is 13.2. The number of ether oxygens (including phenoxy) is 1. The summed E-state index contributed by atoms with van der Waals surface area (Å²) in [5, 5.41) is 0. The quantitative estimate of drug-likeness (QED) is 0.712. The summed E-state index contributed by atoms with van der Waals surface area (Å²) < 4.78 is 5.64. The van der Waals surface area contributed by atoms with Crippen molar-refractivity contribution in [1.29, 1.82) is 0 Å². The van der Waals surface area contributed by atoms with Crippen molar-refractivity contribution >= 4 is 16.9 Å². The average molecular weight is 347 g/mol. The van der Waals surface area contributed by atoms with Gasteiger partial charge in [-0.2, -0.15) is 0 Å². The van der Waals surface area contributed by atoms with E-state index in [1.54, 1.807) is 0 Å². The van der Waals surface area contributed by atoms with Gasteiger partial charge in [-0.05, 0) is 37.6 Å². The van der Waals surface area contributed by atoms with Gasteiger partial charge in [0.05, 0.1) is 41.7 Å². The standard InChI is InChI=1S/C21H21N3O2/c1-14-15(2)23-19-12-17(8-9-18(19)22-14)21(25)24-10-11-26-13-20(24)16-6-4-3-5-7-16/h3-9,12,20H,10-11,13H2,1-2H3. The maximum absolute atomic E-state index is 13.2. The minimum atomic E-state index is -0.0704. The molecule has 2 heterocycles. The van der Waals surface area contributed by atoms with Gasteiger partial charge in [0.15, 0.2) is 0 Å². The van der Waals surface area contributed by atoms with Crippen molar-refractivity contribution < 1.29 is 9.53 Å². The molecule has 1 aromatic heterocycles. The predicted octanol–water partition coefficient (Wildman–Crippen LogP) is 3.46. The summed E-state index contributed by atoms with van der Waals surface area (Å²) in [5.74, 6) is 0.00378. The van der Waals surface area contributed by atoms with E-state index in [9.17, 15) is 4.79 Å². The molecule has 132 valence electrons. The molecule has 2 aromatic carbocycles. The molecule has 1 saturated heterocycles. The van der Waals surface area contributed by atoms with Crippen LogP contribution in [0.2, 0.25) is 0 Å². The molecule has 0 saturated carbocycles. The molecule has 5 heteroatoms. The Bertz CT molecular complexity index is 956. The third-order valence-electron chi connectivity index (χ3n) is 4.90. The molecule has 3 aromatic rings. The number of hydrogen-bond donors (Lipinski definition) is 0. The molecule has 4 rings (SSSR count). The zero-order valence-electron chi connectivity index (χ0n) is 15.0. The zero-order chi connectivity index (χ0) is 18.1. The van der Waals surface area contributed by atoms with Crippen LogP contribution in [0.4, 0.5) is 0 Å². The molecule has 26 heavy (non-hydrogen) atoms. The minimum absolute atomic E-state index is 0.00378. The zero-order valence-corrected chi connectivity index (χ0v) is 15.0. The van der Waals surface area contributed by atoms with Crippen molar-refractivity contribution in [3.05, 3.63) is 71.0 Å². The number of fused-ring (bicyclic) bond motifs is 1. The molecular formula is C21H21N3O2. The number of carbonyl (C=O) groups is 1. The highest BCUT2D eigenvalue weighted by atomic mass is 16.5. The average Bonchev–Trinajstić information content (AvgIpc) is 2.69. The van der Waals surface area contributed by atoms with Crippen molar-refractivity contribution in [2.24, 2.45) is 0 Å². The number of aromatic nitrogens is 2. The van der Waals surface area contributed by atoms with Crippen LogP contribution in [0.25, 0.3) is 11.0 Å². The summed E-state index contributed by atoms with van der Waals surface area (Å²) in [5.41, 5.74) is 5.09. The van der Waals surface area contributed by atoms with Crippen molar-refractivity contribution in [3.8, 4) is 0 Å². The Labute approximate surface area is 152 Å². The van der Waals surface area contributed by atoms with E-state index in [1.165, 1.54) is 0 Å². The summed E-state index contributed by atoms with van der Waals surface area (Å²) in [6.07, 6.45) is 0. The number of amides is 1. The fourth-order valence-electron chi connectivity index (χ4n) is 3.33. The second kappa shape index (κ2) is 6.84. The second-order valence-corrected chi connectivity index (χ2v) is 6.60. The van der Waals surface area contributed by atoms with Gasteiger partial charge in [-0.1, -0.05) is 30.3 Å². The summed E-state index contributed by atoms with van der Waals surface area (Å²) in [4.78, 5) is 24.2. The largest absolute Gasteiger partial charge is 0.377 e. The second-order valence-electron chi connectivity index (χ2n) is 6.60. The third kappa shape index (κ3) is 3.06. The van der Waals surface area contributed by atoms with Crippen LogP contribution in [0.5, 0.6) is 0 Å². The summed E-state index contributed by atoms with van der Waals surface area (Å²) in [6.45, 7) is 5.53. The molecule has 1 aliphatic heterocycles. The van der Waals surface area contributed by atoms with Crippen molar-refractivity contribution in [2.45, 2.75) is 19.9 Å². The van der Waals surface area contributed by atoms with Crippen LogP contribution in [0.15, 0.2) is 48.5 Å². The Morgan fingerprint density at radius 3 is 2.54 bits per heavy atom. The van der Waals surface area contributed by atoms with E-state index in [-0.39, 0.29) is 11.9 Å². The Hall–Kier alpha value is -2.79. The lowest BCUT2D eigenvalue weighted by Crippen LogP contribution is -2.43. The summed E-state index contributed by atoms with van der Waals surface area (Å²) in [6, 6.07) is 15.5. The number of benzene rings is 2. The SMILES string of the molecule is Cc1nc2ccc(C(=O)N3CCOCC3c3ccccc3)cc2nc1C. The fourth-order valence-corrected chi connectivity index (χ4v) is 3.33. The minimum Gasteiger partial charge on any atom is -0.377 e. The summed E-state index contributed by atoms with van der Waals surface area (Å²) >= 11 is 0. The lowest BCUT2D eigenvalue weighted by molar-refractivity contribution is -0.00268. The normalized spacial score (nSPS) is 17.5. The van der Waals surface area contributed by atoms with Crippen LogP contribution in [0.1, 0.15) is 33.4 Å². The van der Waals surface area contributed by atoms with Crippen molar-refractivity contribution in [3.63, 3.8) is 0 Å². The highest BCUT2D eigenvalue weighted by Gasteiger charge is 2.29. The highest BCUT2D eigenvalue weighted by molar-refractivity contribution is 5.97. The van der Waals surface area contributed by atoms with Crippen molar-refractivity contribution in [1.82, 2.24) is 14.9 Å². The lowest BCUT2D eigenvalue weighted by atomic mass is 10.0. The van der Waals surface area contributed by atoms with Gasteiger partial charge in [-0.15, -0.1) is 0 Å². The van der Waals surface area contributed by atoms with Gasteiger partial charge in [0.2, 0.25) is 0 Å². The van der Waals surface area contributed by atoms with E-state index in [0.717, 1.165) is 28.0 Å². The van der Waals surface area contributed by atoms with Gasteiger partial charge in [-0.3, -0.25) is 4.79 Å². The first-order chi connectivity index (χ1) is 12.6. The first-order valence-corrected chi connectivity index (χ1v) is 8.82. The molecule has 0 bridgehead atoms. The topological polar surface area (TPSA) is 55.3 Å². The number of rotatable bonds is 2. The predicted molar refractivity (Wildman–Crippen MR) is 100 cm³/mol. The van der Waals surface area contributed by atoms with E-state index >= 15 is 0 Å². The van der Waals surface area contributed by atoms with Crippen LogP contribution in [-0.2, 0) is 4.74 Å². The number of morpholine rings is 1. The van der Waals surface area contributed by atoms with E-state index < -0.39 is 0 Å². The van der Waals surface area contributed by atoms with Crippen LogP contribution >= 0.6 is 0 Å². The van der Waals surface area contributed by atoms with Gasteiger partial charge in [0.25, 0.3) is 5.91 Å². The molecule has 1 unspecified atom stereocenters. The lowest BCUT2D eigenvalue weighted by Gasteiger charge is -2.36. The van der Waals surface area contributed by atoms with Gasteiger partial charge < -0.3 is 9.64 Å². The number of carbonyl (C=O) groups excluding carboxylic acids is 1. The fraction of sp³-hybridized carbons (Fsp3) is 0.286. The number of aryl methyl sites for hydroxylation is 2. The van der Waals surface area contributed by atoms with E-state index in [1.807, 2.05) is 67.3 Å². The number of hydrogen-bond acceptors (Lipinski definition) is 4. The molecule has 1 aliphatic rings. The molecular weight excluding hydrogens is 326 g/mol. The Balaban J connectivity index is 1.69. The van der Waals surface area contributed by atoms with Crippen LogP contribution in [-0.4, -0.2) is 40.5 Å². The van der Waals surface area contributed by atoms with Crippen molar-refractivity contribution in [2.75, 3.05) is 19.8 Å². The molecule has 0 spiro atoms. The first-order valence-electron chi connectivity index (χ1n) is 8.82. The Kier molecular flexibility index (Phi) is 4.39. The first kappa shape index (κ1) is 16.7. The molecule has 1 amide bonds. The monoisotopic (exact) mass is 347 g/mol. The molecule has 0 aliphatic carbocycles. The van der Waals surface area contributed by atoms with Gasteiger partial charge in [0, 0.05) is 12.1 Å². The molecule has 5 nitrogen and oxygen atoms in total. The summed E-state index contributed by atoms with van der Waals surface area (Å²) in [7, 11) is 0. The molecule has 1 atom stereocenters. The van der Waals surface area contributed by atoms with Crippen LogP contribution in [0, 0.1) is 13.8 Å².